The lowest BCUT2D eigenvalue weighted by molar-refractivity contribution is -0.116. The average Bonchev–Trinajstić information content (AvgIpc) is 2.58. The van der Waals surface area contributed by atoms with E-state index in [1.807, 2.05) is 12.1 Å². The molecule has 5 aliphatic carbocycles. The molecule has 5 aliphatic rings. The predicted molar refractivity (Wildman–Crippen MR) is 83.4 cm³/mol. The van der Waals surface area contributed by atoms with Gasteiger partial charge in [0.1, 0.15) is 0 Å². The van der Waals surface area contributed by atoms with Crippen molar-refractivity contribution < 1.29 is 9.59 Å². The molecule has 1 aromatic rings. The Morgan fingerprint density at radius 3 is 1.59 bits per heavy atom. The summed E-state index contributed by atoms with van der Waals surface area (Å²) in [6.45, 7) is 0. The summed E-state index contributed by atoms with van der Waals surface area (Å²) in [6.07, 6.45) is 11.4. The van der Waals surface area contributed by atoms with Crippen LogP contribution < -0.4 is 0 Å². The van der Waals surface area contributed by atoms with Crippen LogP contribution in [0.2, 0.25) is 0 Å². The summed E-state index contributed by atoms with van der Waals surface area (Å²) in [5.41, 5.74) is 3.95. The fourth-order valence-electron chi connectivity index (χ4n) is 4.73. The van der Waals surface area contributed by atoms with Crippen LogP contribution in [0.15, 0.2) is 71.9 Å². The third-order valence-electron chi connectivity index (χ3n) is 5.49. The number of carbonyl (C=O) groups excluding carboxylic acids is 2. The molecule has 0 aromatic heterocycles. The van der Waals surface area contributed by atoms with Crippen molar-refractivity contribution in [1.29, 1.82) is 0 Å². The van der Waals surface area contributed by atoms with E-state index in [1.54, 1.807) is 0 Å². The van der Waals surface area contributed by atoms with Crippen molar-refractivity contribution >= 4 is 11.6 Å². The van der Waals surface area contributed by atoms with Crippen LogP contribution in [0.3, 0.4) is 0 Å². The lowest BCUT2D eigenvalue weighted by Crippen LogP contribution is -2.43. The van der Waals surface area contributed by atoms with Gasteiger partial charge in [-0.25, -0.2) is 0 Å². The van der Waals surface area contributed by atoms with Gasteiger partial charge in [-0.3, -0.25) is 9.59 Å². The van der Waals surface area contributed by atoms with Gasteiger partial charge in [-0.1, -0.05) is 48.6 Å². The van der Waals surface area contributed by atoms with Crippen molar-refractivity contribution in [2.45, 2.75) is 11.8 Å². The van der Waals surface area contributed by atoms with E-state index in [0.717, 1.165) is 11.1 Å². The van der Waals surface area contributed by atoms with E-state index in [0.29, 0.717) is 0 Å². The molecule has 0 spiro atoms. The summed E-state index contributed by atoms with van der Waals surface area (Å²) in [7, 11) is 0. The number of hydrogen-bond acceptors (Lipinski definition) is 2. The smallest absolute Gasteiger partial charge is 0.183 e. The second-order valence-corrected chi connectivity index (χ2v) is 6.40. The zero-order valence-electron chi connectivity index (χ0n) is 11.9. The molecule has 1 aromatic carbocycles. The highest BCUT2D eigenvalue weighted by Crippen LogP contribution is 2.60. The van der Waals surface area contributed by atoms with Crippen LogP contribution in [0.5, 0.6) is 0 Å². The third kappa shape index (κ3) is 1.31. The first-order valence-corrected chi connectivity index (χ1v) is 7.72. The highest BCUT2D eigenvalue weighted by atomic mass is 16.1. The highest BCUT2D eigenvalue weighted by Gasteiger charge is 2.52. The van der Waals surface area contributed by atoms with Crippen LogP contribution in [0, 0.1) is 11.8 Å². The number of benzene rings is 1. The van der Waals surface area contributed by atoms with Gasteiger partial charge in [-0.15, -0.1) is 0 Å². The number of hydrogen-bond donors (Lipinski definition) is 0. The maximum Gasteiger partial charge on any atom is 0.183 e. The van der Waals surface area contributed by atoms with Crippen LogP contribution in [0.1, 0.15) is 23.0 Å². The van der Waals surface area contributed by atoms with Crippen molar-refractivity contribution in [3.8, 4) is 0 Å². The van der Waals surface area contributed by atoms with Gasteiger partial charge in [0.25, 0.3) is 0 Å². The van der Waals surface area contributed by atoms with Crippen molar-refractivity contribution in [2.24, 2.45) is 11.8 Å². The Hall–Kier alpha value is -2.48. The second kappa shape index (κ2) is 4.04. The first-order valence-electron chi connectivity index (χ1n) is 7.72. The minimum atomic E-state index is 0.0144. The maximum absolute atomic E-state index is 12.5. The fraction of sp³-hybridized carbons (Fsp3) is 0.200. The van der Waals surface area contributed by atoms with Gasteiger partial charge >= 0.3 is 0 Å². The average molecular weight is 286 g/mol. The molecule has 0 aliphatic heterocycles. The standard InChI is InChI=1S/C20H14O2/c21-15-9-10-16(22)20-18-12-6-2-1-5-11(12)17(19(15)20)13-7-3-4-8-14(13)18/h1-12,17-18H/t11-,12-,17-,18-/m0/s1. The van der Waals surface area contributed by atoms with E-state index in [2.05, 4.69) is 36.4 Å². The molecular weight excluding hydrogens is 272 g/mol. The molecule has 2 bridgehead atoms. The molecule has 22 heavy (non-hydrogen) atoms. The summed E-state index contributed by atoms with van der Waals surface area (Å²) in [5, 5.41) is 0. The number of ketones is 2. The summed E-state index contributed by atoms with van der Waals surface area (Å²) in [5.74, 6) is 0.632. The Kier molecular flexibility index (Phi) is 2.22. The summed E-state index contributed by atoms with van der Waals surface area (Å²) < 4.78 is 0. The van der Waals surface area contributed by atoms with E-state index < -0.39 is 0 Å². The highest BCUT2D eigenvalue weighted by molar-refractivity contribution is 6.22. The molecule has 106 valence electrons. The van der Waals surface area contributed by atoms with Crippen LogP contribution in [-0.2, 0) is 9.59 Å². The Bertz CT molecular complexity index is 781. The summed E-state index contributed by atoms with van der Waals surface area (Å²) in [6, 6.07) is 8.30. The molecule has 4 atom stereocenters. The largest absolute Gasteiger partial charge is 0.290 e. The molecule has 0 heterocycles. The molecule has 0 fully saturated rings. The molecule has 0 radical (unpaired) electrons. The third-order valence-corrected chi connectivity index (χ3v) is 5.49. The minimum absolute atomic E-state index is 0.0144. The topological polar surface area (TPSA) is 34.1 Å². The Balaban J connectivity index is 1.85. The zero-order valence-corrected chi connectivity index (χ0v) is 11.9. The maximum atomic E-state index is 12.5. The molecule has 0 N–H and O–H groups in total. The van der Waals surface area contributed by atoms with E-state index in [4.69, 9.17) is 0 Å². The minimum Gasteiger partial charge on any atom is -0.290 e. The lowest BCUT2D eigenvalue weighted by Gasteiger charge is -2.50. The van der Waals surface area contributed by atoms with Crippen LogP contribution in [-0.4, -0.2) is 11.6 Å². The summed E-state index contributed by atoms with van der Waals surface area (Å²) >= 11 is 0. The van der Waals surface area contributed by atoms with E-state index >= 15 is 0 Å². The van der Waals surface area contributed by atoms with E-state index in [-0.39, 0.29) is 35.2 Å². The lowest BCUT2D eigenvalue weighted by atomic mass is 9.52. The molecule has 0 amide bonds. The van der Waals surface area contributed by atoms with Gasteiger partial charge in [0, 0.05) is 23.0 Å². The Labute approximate surface area is 128 Å². The van der Waals surface area contributed by atoms with E-state index in [9.17, 15) is 9.59 Å². The number of rotatable bonds is 0. The Morgan fingerprint density at radius 2 is 1.14 bits per heavy atom. The molecular formula is C20H14O2. The van der Waals surface area contributed by atoms with Gasteiger partial charge in [0.05, 0.1) is 0 Å². The molecule has 2 heteroatoms. The van der Waals surface area contributed by atoms with Crippen LogP contribution in [0.25, 0.3) is 0 Å². The van der Waals surface area contributed by atoms with Gasteiger partial charge in [-0.2, -0.15) is 0 Å². The van der Waals surface area contributed by atoms with Gasteiger partial charge in [0.2, 0.25) is 0 Å². The van der Waals surface area contributed by atoms with Gasteiger partial charge < -0.3 is 0 Å². The van der Waals surface area contributed by atoms with Crippen molar-refractivity contribution in [1.82, 2.24) is 0 Å². The molecule has 0 saturated carbocycles. The fourth-order valence-corrected chi connectivity index (χ4v) is 4.73. The predicted octanol–water partition coefficient (Wildman–Crippen LogP) is 3.24. The molecule has 2 nitrogen and oxygen atoms in total. The second-order valence-electron chi connectivity index (χ2n) is 6.40. The quantitative estimate of drug-likeness (QED) is 0.686. The first-order chi connectivity index (χ1) is 10.8. The summed E-state index contributed by atoms with van der Waals surface area (Å²) in [4.78, 5) is 25.0. The molecule has 0 unspecified atom stereocenters. The van der Waals surface area contributed by atoms with Crippen molar-refractivity contribution in [3.63, 3.8) is 0 Å². The molecule has 6 rings (SSSR count). The Morgan fingerprint density at radius 1 is 0.682 bits per heavy atom. The van der Waals surface area contributed by atoms with E-state index in [1.165, 1.54) is 23.3 Å². The molecule has 0 saturated heterocycles. The van der Waals surface area contributed by atoms with Crippen molar-refractivity contribution in [2.75, 3.05) is 0 Å². The van der Waals surface area contributed by atoms with Gasteiger partial charge in [-0.05, 0) is 35.1 Å². The SMILES string of the molecule is O=C1C=CC(=O)C2=C1[C@@H]1c3ccccc3[C@@H]2[C@H]2C=CC=C[C@@H]21. The number of allylic oxidation sites excluding steroid dienone is 8. The van der Waals surface area contributed by atoms with Crippen LogP contribution >= 0.6 is 0 Å². The normalized spacial score (nSPS) is 33.8. The van der Waals surface area contributed by atoms with Gasteiger partial charge in [0.15, 0.2) is 11.6 Å². The first kappa shape index (κ1) is 12.1. The zero-order chi connectivity index (χ0) is 14.8. The number of carbonyl (C=O) groups is 2. The van der Waals surface area contributed by atoms with Crippen molar-refractivity contribution in [3.05, 3.63) is 83.0 Å². The van der Waals surface area contributed by atoms with Crippen LogP contribution in [0.4, 0.5) is 0 Å². The monoisotopic (exact) mass is 286 g/mol.